The van der Waals surface area contributed by atoms with Gasteiger partial charge < -0.3 is 9.47 Å². The molecule has 0 saturated carbocycles. The number of hydrogen-bond acceptors (Lipinski definition) is 5. The third kappa shape index (κ3) is 1.57. The van der Waals surface area contributed by atoms with E-state index in [2.05, 4.69) is 15.0 Å². The normalized spacial score (nSPS) is 13.8. The van der Waals surface area contributed by atoms with Crippen LogP contribution in [0.25, 0.3) is 0 Å². The summed E-state index contributed by atoms with van der Waals surface area (Å²) in [7, 11) is 1.72. The van der Waals surface area contributed by atoms with E-state index in [1.807, 2.05) is 4.90 Å². The highest BCUT2D eigenvalue weighted by atomic mass is 16.1. The predicted octanol–water partition coefficient (Wildman–Crippen LogP) is 0.0905. The molecule has 86 valence electrons. The molecule has 0 bridgehead atoms. The lowest BCUT2D eigenvalue weighted by Crippen LogP contribution is -2.28. The van der Waals surface area contributed by atoms with Crippen molar-refractivity contribution in [1.82, 2.24) is 19.5 Å². The summed E-state index contributed by atoms with van der Waals surface area (Å²) in [5.74, 6) is 0.466. The summed E-state index contributed by atoms with van der Waals surface area (Å²) in [6.45, 7) is 1.26. The first-order valence-corrected chi connectivity index (χ1v) is 5.30. The molecule has 1 aliphatic heterocycles. The molecule has 17 heavy (non-hydrogen) atoms. The van der Waals surface area contributed by atoms with Gasteiger partial charge in [0.15, 0.2) is 5.82 Å². The summed E-state index contributed by atoms with van der Waals surface area (Å²) in [5.41, 5.74) is 1.93. The molecule has 0 atom stereocenters. The molecule has 2 aromatic heterocycles. The first kappa shape index (κ1) is 9.95. The van der Waals surface area contributed by atoms with E-state index in [0.29, 0.717) is 18.9 Å². The Balaban J connectivity index is 2.00. The maximum absolute atomic E-state index is 11.9. The molecule has 0 aliphatic carbocycles. The Morgan fingerprint density at radius 1 is 1.29 bits per heavy atom. The van der Waals surface area contributed by atoms with Gasteiger partial charge in [0, 0.05) is 37.7 Å². The molecule has 0 spiro atoms. The van der Waals surface area contributed by atoms with Crippen molar-refractivity contribution in [3.8, 4) is 0 Å². The molecule has 0 unspecified atom stereocenters. The molecule has 6 heteroatoms. The standard InChI is InChI=1S/C11H11N5O/c1-15-3-2-13-10(11(15)17)16-5-8-4-12-7-14-9(8)6-16/h2-4,7H,5-6H2,1H3. The van der Waals surface area contributed by atoms with E-state index in [4.69, 9.17) is 0 Å². The molecule has 0 amide bonds. The Morgan fingerprint density at radius 3 is 3.00 bits per heavy atom. The molecule has 0 fully saturated rings. The fourth-order valence-electron chi connectivity index (χ4n) is 1.95. The van der Waals surface area contributed by atoms with Gasteiger partial charge in [-0.1, -0.05) is 0 Å². The van der Waals surface area contributed by atoms with Crippen molar-refractivity contribution in [2.75, 3.05) is 4.90 Å². The molecule has 0 N–H and O–H groups in total. The second-order valence-electron chi connectivity index (χ2n) is 4.02. The highest BCUT2D eigenvalue weighted by molar-refractivity contribution is 5.42. The lowest BCUT2D eigenvalue weighted by atomic mass is 10.3. The van der Waals surface area contributed by atoms with Crippen molar-refractivity contribution in [2.45, 2.75) is 13.1 Å². The van der Waals surface area contributed by atoms with E-state index in [1.165, 1.54) is 10.9 Å². The number of rotatable bonds is 1. The van der Waals surface area contributed by atoms with Crippen LogP contribution in [0.1, 0.15) is 11.3 Å². The molecule has 1 aliphatic rings. The summed E-state index contributed by atoms with van der Waals surface area (Å²) in [5, 5.41) is 0. The van der Waals surface area contributed by atoms with Gasteiger partial charge in [0.25, 0.3) is 5.56 Å². The smallest absolute Gasteiger partial charge is 0.293 e. The third-order valence-electron chi connectivity index (χ3n) is 2.88. The summed E-state index contributed by atoms with van der Waals surface area (Å²) in [6, 6.07) is 0. The Hall–Kier alpha value is -2.24. The van der Waals surface area contributed by atoms with Gasteiger partial charge >= 0.3 is 0 Å². The Morgan fingerprint density at radius 2 is 2.18 bits per heavy atom. The molecule has 3 rings (SSSR count). The van der Waals surface area contributed by atoms with E-state index < -0.39 is 0 Å². The lowest BCUT2D eigenvalue weighted by Gasteiger charge is -2.15. The minimum absolute atomic E-state index is 0.0896. The predicted molar refractivity (Wildman–Crippen MR) is 61.4 cm³/mol. The molecule has 2 aromatic rings. The Labute approximate surface area is 97.6 Å². The van der Waals surface area contributed by atoms with Crippen LogP contribution < -0.4 is 10.5 Å². The molecular weight excluding hydrogens is 218 g/mol. The SMILES string of the molecule is Cn1ccnc(N2Cc3cncnc3C2)c1=O. The van der Waals surface area contributed by atoms with Crippen molar-refractivity contribution in [2.24, 2.45) is 7.05 Å². The van der Waals surface area contributed by atoms with Crippen LogP contribution in [0.2, 0.25) is 0 Å². The van der Waals surface area contributed by atoms with Gasteiger partial charge in [0.2, 0.25) is 0 Å². The number of aromatic nitrogens is 4. The molecule has 0 radical (unpaired) electrons. The van der Waals surface area contributed by atoms with Gasteiger partial charge in [-0.25, -0.2) is 15.0 Å². The van der Waals surface area contributed by atoms with Crippen molar-refractivity contribution in [3.63, 3.8) is 0 Å². The minimum Gasteiger partial charge on any atom is -0.342 e. The number of fused-ring (bicyclic) bond motifs is 1. The van der Waals surface area contributed by atoms with E-state index >= 15 is 0 Å². The van der Waals surface area contributed by atoms with Crippen molar-refractivity contribution < 1.29 is 0 Å². The highest BCUT2D eigenvalue weighted by Crippen LogP contribution is 2.22. The topological polar surface area (TPSA) is 63.9 Å². The van der Waals surface area contributed by atoms with E-state index in [0.717, 1.165) is 11.3 Å². The largest absolute Gasteiger partial charge is 0.342 e. The number of hydrogen-bond donors (Lipinski definition) is 0. The van der Waals surface area contributed by atoms with Gasteiger partial charge in [-0.15, -0.1) is 0 Å². The van der Waals surface area contributed by atoms with Gasteiger partial charge in [-0.3, -0.25) is 4.79 Å². The zero-order valence-corrected chi connectivity index (χ0v) is 9.37. The summed E-state index contributed by atoms with van der Waals surface area (Å²) >= 11 is 0. The maximum atomic E-state index is 11.9. The Kier molecular flexibility index (Phi) is 2.14. The van der Waals surface area contributed by atoms with Gasteiger partial charge in [-0.2, -0.15) is 0 Å². The first-order chi connectivity index (χ1) is 8.25. The first-order valence-electron chi connectivity index (χ1n) is 5.30. The molecule has 3 heterocycles. The third-order valence-corrected chi connectivity index (χ3v) is 2.88. The fraction of sp³-hybridized carbons (Fsp3) is 0.273. The van der Waals surface area contributed by atoms with Crippen molar-refractivity contribution >= 4 is 5.82 Å². The van der Waals surface area contributed by atoms with Crippen molar-refractivity contribution in [3.05, 3.63) is 46.5 Å². The van der Waals surface area contributed by atoms with E-state index in [1.54, 1.807) is 25.6 Å². The monoisotopic (exact) mass is 229 g/mol. The zero-order valence-electron chi connectivity index (χ0n) is 9.37. The summed E-state index contributed by atoms with van der Waals surface area (Å²) in [6.07, 6.45) is 6.59. The Bertz CT molecular complexity index is 596. The van der Waals surface area contributed by atoms with Crippen LogP contribution in [-0.4, -0.2) is 19.5 Å². The fourth-order valence-corrected chi connectivity index (χ4v) is 1.95. The number of nitrogens with zero attached hydrogens (tertiary/aromatic N) is 5. The average Bonchev–Trinajstić information content (AvgIpc) is 2.76. The van der Waals surface area contributed by atoms with Gasteiger partial charge in [-0.05, 0) is 0 Å². The van der Waals surface area contributed by atoms with Crippen molar-refractivity contribution in [1.29, 1.82) is 0 Å². The van der Waals surface area contributed by atoms with Gasteiger partial charge in [0.1, 0.15) is 6.33 Å². The van der Waals surface area contributed by atoms with Crippen LogP contribution in [0.5, 0.6) is 0 Å². The van der Waals surface area contributed by atoms with Crippen LogP contribution in [0.15, 0.2) is 29.7 Å². The second-order valence-corrected chi connectivity index (χ2v) is 4.02. The van der Waals surface area contributed by atoms with Crippen LogP contribution >= 0.6 is 0 Å². The lowest BCUT2D eigenvalue weighted by molar-refractivity contribution is 0.781. The quantitative estimate of drug-likeness (QED) is 0.693. The highest BCUT2D eigenvalue weighted by Gasteiger charge is 2.23. The number of aryl methyl sites for hydroxylation is 1. The van der Waals surface area contributed by atoms with Crippen LogP contribution in [-0.2, 0) is 20.1 Å². The van der Waals surface area contributed by atoms with Crippen LogP contribution in [0, 0.1) is 0 Å². The van der Waals surface area contributed by atoms with E-state index in [-0.39, 0.29) is 5.56 Å². The van der Waals surface area contributed by atoms with Crippen LogP contribution in [0.4, 0.5) is 5.82 Å². The maximum Gasteiger partial charge on any atom is 0.293 e. The second kappa shape index (κ2) is 3.65. The van der Waals surface area contributed by atoms with Crippen LogP contribution in [0.3, 0.4) is 0 Å². The molecule has 0 aromatic carbocycles. The summed E-state index contributed by atoms with van der Waals surface area (Å²) < 4.78 is 1.52. The molecular formula is C11H11N5O. The zero-order chi connectivity index (χ0) is 11.8. The minimum atomic E-state index is -0.0896. The van der Waals surface area contributed by atoms with E-state index in [9.17, 15) is 4.79 Å². The number of anilines is 1. The summed E-state index contributed by atoms with van der Waals surface area (Å²) in [4.78, 5) is 26.2. The molecule has 6 nitrogen and oxygen atoms in total. The average molecular weight is 229 g/mol. The van der Waals surface area contributed by atoms with Gasteiger partial charge in [0.05, 0.1) is 12.2 Å². The molecule has 0 saturated heterocycles.